The minimum absolute atomic E-state index is 0.0475. The van der Waals surface area contributed by atoms with Crippen molar-refractivity contribution in [2.45, 2.75) is 18.2 Å². The lowest BCUT2D eigenvalue weighted by Gasteiger charge is -2.16. The zero-order valence-corrected chi connectivity index (χ0v) is 20.2. The van der Waals surface area contributed by atoms with Crippen LogP contribution in [0.25, 0.3) is 22.4 Å². The van der Waals surface area contributed by atoms with Crippen molar-refractivity contribution < 1.29 is 14.0 Å². The van der Waals surface area contributed by atoms with Crippen LogP contribution in [-0.2, 0) is 4.79 Å². The number of aromatic amines is 1. The fraction of sp³-hybridized carbons (Fsp3) is 0.111. The van der Waals surface area contributed by atoms with Gasteiger partial charge in [0.1, 0.15) is 0 Å². The molecule has 3 N–H and O–H groups in total. The van der Waals surface area contributed by atoms with E-state index in [2.05, 4.69) is 25.8 Å². The lowest BCUT2D eigenvalue weighted by atomic mass is 10.1. The van der Waals surface area contributed by atoms with Gasteiger partial charge < -0.3 is 20.0 Å². The van der Waals surface area contributed by atoms with Crippen LogP contribution in [0.3, 0.4) is 0 Å². The van der Waals surface area contributed by atoms with Gasteiger partial charge in [-0.1, -0.05) is 72.4 Å². The van der Waals surface area contributed by atoms with E-state index in [-0.39, 0.29) is 28.8 Å². The van der Waals surface area contributed by atoms with Crippen molar-refractivity contribution in [1.82, 2.24) is 20.5 Å². The molecule has 0 fully saturated rings. The summed E-state index contributed by atoms with van der Waals surface area (Å²) in [5.41, 5.74) is 3.60. The summed E-state index contributed by atoms with van der Waals surface area (Å²) in [6.07, 6.45) is 1.82. The van der Waals surface area contributed by atoms with Gasteiger partial charge in [0.05, 0.1) is 28.6 Å². The van der Waals surface area contributed by atoms with Crippen LogP contribution in [-0.4, -0.2) is 32.7 Å². The fourth-order valence-corrected chi connectivity index (χ4v) is 4.39. The number of hydrogen-bond acceptors (Lipinski definition) is 6. The maximum Gasteiger partial charge on any atom is 0.277 e. The summed E-state index contributed by atoms with van der Waals surface area (Å²) in [5.74, 6) is -0.130. The van der Waals surface area contributed by atoms with Crippen LogP contribution >= 0.6 is 11.8 Å². The van der Waals surface area contributed by atoms with Gasteiger partial charge in [-0.25, -0.2) is 0 Å². The third kappa shape index (κ3) is 5.16. The topological polar surface area (TPSA) is 113 Å². The van der Waals surface area contributed by atoms with E-state index >= 15 is 0 Å². The maximum absolute atomic E-state index is 12.9. The number of carbonyl (C=O) groups is 2. The fourth-order valence-electron chi connectivity index (χ4n) is 3.83. The molecule has 1 unspecified atom stereocenters. The SMILES string of the molecule is CC(NC(=O)c1ccccc1NC(=O)CSc1nnc(-c2c[nH]c3ccccc23)o1)c1ccccc1. The standard InChI is InChI=1S/C27H23N5O3S/c1-17(18-9-3-2-4-10-18)29-25(34)20-12-6-8-14-23(20)30-24(33)16-36-27-32-31-26(35-27)21-15-28-22-13-7-5-11-19(21)22/h2-15,17,28H,16H2,1H3,(H,29,34)(H,30,33). The zero-order valence-electron chi connectivity index (χ0n) is 19.4. The minimum Gasteiger partial charge on any atom is -0.411 e. The Balaban J connectivity index is 1.21. The Morgan fingerprint density at radius 3 is 2.58 bits per heavy atom. The van der Waals surface area contributed by atoms with Gasteiger partial charge in [0, 0.05) is 17.1 Å². The Bertz CT molecular complexity index is 1510. The first-order valence-electron chi connectivity index (χ1n) is 11.4. The molecule has 5 aromatic rings. The largest absolute Gasteiger partial charge is 0.411 e. The van der Waals surface area contributed by atoms with E-state index in [4.69, 9.17) is 4.42 Å². The Morgan fingerprint density at radius 1 is 0.972 bits per heavy atom. The number of aromatic nitrogens is 3. The van der Waals surface area contributed by atoms with Crippen molar-refractivity contribution in [3.63, 3.8) is 0 Å². The normalized spacial score (nSPS) is 11.8. The monoisotopic (exact) mass is 497 g/mol. The van der Waals surface area contributed by atoms with Gasteiger partial charge in [-0.2, -0.15) is 0 Å². The van der Waals surface area contributed by atoms with Crippen LogP contribution in [0.5, 0.6) is 0 Å². The summed E-state index contributed by atoms with van der Waals surface area (Å²) < 4.78 is 5.76. The zero-order chi connectivity index (χ0) is 24.9. The molecule has 0 saturated carbocycles. The molecule has 3 aromatic carbocycles. The number of anilines is 1. The number of H-pyrrole nitrogens is 1. The number of benzene rings is 3. The van der Waals surface area contributed by atoms with Crippen LogP contribution in [0.1, 0.15) is 28.9 Å². The minimum atomic E-state index is -0.289. The van der Waals surface area contributed by atoms with Crippen LogP contribution in [0.2, 0.25) is 0 Å². The summed E-state index contributed by atoms with van der Waals surface area (Å²) in [5, 5.41) is 15.2. The van der Waals surface area contributed by atoms with E-state index in [1.807, 2.05) is 67.7 Å². The summed E-state index contributed by atoms with van der Waals surface area (Å²) in [4.78, 5) is 28.7. The third-order valence-corrected chi connectivity index (χ3v) is 6.46. The first-order chi connectivity index (χ1) is 17.6. The Hall–Kier alpha value is -4.37. The molecule has 0 radical (unpaired) electrons. The lowest BCUT2D eigenvalue weighted by Crippen LogP contribution is -2.28. The number of hydrogen-bond donors (Lipinski definition) is 3. The Labute approximate surface area is 211 Å². The molecule has 36 heavy (non-hydrogen) atoms. The molecule has 180 valence electrons. The van der Waals surface area contributed by atoms with Crippen molar-refractivity contribution in [3.8, 4) is 11.5 Å². The van der Waals surface area contributed by atoms with Gasteiger partial charge >= 0.3 is 0 Å². The average molecular weight is 498 g/mol. The summed E-state index contributed by atoms with van der Waals surface area (Å²) >= 11 is 1.13. The molecule has 9 heteroatoms. The molecule has 0 saturated heterocycles. The highest BCUT2D eigenvalue weighted by atomic mass is 32.2. The molecule has 8 nitrogen and oxygen atoms in total. The molecule has 1 atom stereocenters. The predicted molar refractivity (Wildman–Crippen MR) is 140 cm³/mol. The van der Waals surface area contributed by atoms with E-state index in [1.54, 1.807) is 24.3 Å². The van der Waals surface area contributed by atoms with Gasteiger partial charge in [-0.3, -0.25) is 9.59 Å². The second kappa shape index (κ2) is 10.5. The maximum atomic E-state index is 12.9. The molecule has 2 amide bonds. The van der Waals surface area contributed by atoms with E-state index in [0.29, 0.717) is 17.1 Å². The second-order valence-corrected chi connectivity index (χ2v) is 9.04. The first kappa shape index (κ1) is 23.4. The first-order valence-corrected chi connectivity index (χ1v) is 12.3. The summed E-state index contributed by atoms with van der Waals surface area (Å²) in [7, 11) is 0. The van der Waals surface area contributed by atoms with Gasteiger partial charge in [-0.05, 0) is 30.7 Å². The third-order valence-electron chi connectivity index (χ3n) is 5.65. The molecule has 0 spiro atoms. The Kier molecular flexibility index (Phi) is 6.81. The predicted octanol–water partition coefficient (Wildman–Crippen LogP) is 5.44. The quantitative estimate of drug-likeness (QED) is 0.246. The molecule has 0 aliphatic rings. The molecule has 2 heterocycles. The van der Waals surface area contributed by atoms with E-state index in [9.17, 15) is 9.59 Å². The van der Waals surface area contributed by atoms with Gasteiger partial charge in [0.15, 0.2) is 0 Å². The average Bonchev–Trinajstić information content (AvgIpc) is 3.55. The van der Waals surface area contributed by atoms with Gasteiger partial charge in [0.25, 0.3) is 17.0 Å². The number of carbonyl (C=O) groups excluding carboxylic acids is 2. The number of rotatable bonds is 8. The van der Waals surface area contributed by atoms with Crippen LogP contribution < -0.4 is 10.6 Å². The number of fused-ring (bicyclic) bond motifs is 1. The molecular formula is C27H23N5O3S. The smallest absolute Gasteiger partial charge is 0.277 e. The molecular weight excluding hydrogens is 474 g/mol. The van der Waals surface area contributed by atoms with Gasteiger partial charge in [0.2, 0.25) is 5.91 Å². The number of amides is 2. The van der Waals surface area contributed by atoms with Crippen LogP contribution in [0, 0.1) is 0 Å². The van der Waals surface area contributed by atoms with Gasteiger partial charge in [-0.15, -0.1) is 10.2 Å². The highest BCUT2D eigenvalue weighted by molar-refractivity contribution is 7.99. The summed E-state index contributed by atoms with van der Waals surface area (Å²) in [6.45, 7) is 1.92. The summed E-state index contributed by atoms with van der Waals surface area (Å²) in [6, 6.07) is 24.3. The second-order valence-electron chi connectivity index (χ2n) is 8.11. The molecule has 2 aromatic heterocycles. The van der Waals surface area contributed by atoms with Crippen LogP contribution in [0.15, 0.2) is 94.7 Å². The number of nitrogens with one attached hydrogen (secondary N) is 3. The van der Waals surface area contributed by atoms with Crippen molar-refractivity contribution in [2.24, 2.45) is 0 Å². The molecule has 5 rings (SSSR count). The van der Waals surface area contributed by atoms with Crippen LogP contribution in [0.4, 0.5) is 5.69 Å². The van der Waals surface area contributed by atoms with Crippen molar-refractivity contribution >= 4 is 40.2 Å². The number of para-hydroxylation sites is 2. The van der Waals surface area contributed by atoms with E-state index in [1.165, 1.54) is 0 Å². The Morgan fingerprint density at radius 2 is 1.72 bits per heavy atom. The number of nitrogens with zero attached hydrogens (tertiary/aromatic N) is 2. The van der Waals surface area contributed by atoms with Crippen molar-refractivity contribution in [2.75, 3.05) is 11.1 Å². The van der Waals surface area contributed by atoms with E-state index < -0.39 is 0 Å². The highest BCUT2D eigenvalue weighted by Gasteiger charge is 2.18. The van der Waals surface area contributed by atoms with Crippen molar-refractivity contribution in [1.29, 1.82) is 0 Å². The molecule has 0 bridgehead atoms. The molecule has 0 aliphatic carbocycles. The van der Waals surface area contributed by atoms with Crippen molar-refractivity contribution in [3.05, 3.63) is 96.2 Å². The lowest BCUT2D eigenvalue weighted by molar-refractivity contribution is -0.113. The van der Waals surface area contributed by atoms with E-state index in [0.717, 1.165) is 33.8 Å². The highest BCUT2D eigenvalue weighted by Crippen LogP contribution is 2.29. The molecule has 0 aliphatic heterocycles. The number of thioether (sulfide) groups is 1.